The van der Waals surface area contributed by atoms with Crippen molar-refractivity contribution in [2.75, 3.05) is 19.6 Å². The van der Waals surface area contributed by atoms with Crippen LogP contribution in [0.5, 0.6) is 0 Å². The third kappa shape index (κ3) is 3.31. The average Bonchev–Trinajstić information content (AvgIpc) is 3.27. The predicted octanol–water partition coefficient (Wildman–Crippen LogP) is 4.19. The SMILES string of the molecule is OCc1[nH]c2ccccc2c1CCCCN1CCC2=C(C1)[C@@H](O)c1ccccc12. The second-order valence-electron chi connectivity index (χ2n) is 8.26. The molecule has 2 aromatic carbocycles. The van der Waals surface area contributed by atoms with Crippen molar-refractivity contribution in [3.63, 3.8) is 0 Å². The number of benzene rings is 2. The van der Waals surface area contributed by atoms with E-state index in [0.717, 1.165) is 62.1 Å². The summed E-state index contributed by atoms with van der Waals surface area (Å²) in [6.07, 6.45) is 3.80. The Morgan fingerprint density at radius 2 is 1.86 bits per heavy atom. The van der Waals surface area contributed by atoms with Gasteiger partial charge in [0.1, 0.15) is 6.10 Å². The van der Waals surface area contributed by atoms with Crippen LogP contribution in [-0.2, 0) is 13.0 Å². The van der Waals surface area contributed by atoms with Gasteiger partial charge in [0.25, 0.3) is 0 Å². The molecule has 2 heterocycles. The van der Waals surface area contributed by atoms with Crippen LogP contribution < -0.4 is 0 Å². The molecule has 4 heteroatoms. The number of aliphatic hydroxyl groups excluding tert-OH is 2. The summed E-state index contributed by atoms with van der Waals surface area (Å²) in [7, 11) is 0. The van der Waals surface area contributed by atoms with E-state index >= 15 is 0 Å². The molecule has 0 bridgehead atoms. The Bertz CT molecular complexity index is 1070. The van der Waals surface area contributed by atoms with Crippen LogP contribution in [0.3, 0.4) is 0 Å². The molecule has 0 saturated carbocycles. The summed E-state index contributed by atoms with van der Waals surface area (Å²) in [4.78, 5) is 5.83. The predicted molar refractivity (Wildman–Crippen MR) is 117 cm³/mol. The topological polar surface area (TPSA) is 59.5 Å². The van der Waals surface area contributed by atoms with E-state index in [9.17, 15) is 10.2 Å². The van der Waals surface area contributed by atoms with Gasteiger partial charge < -0.3 is 15.2 Å². The minimum Gasteiger partial charge on any atom is -0.390 e. The summed E-state index contributed by atoms with van der Waals surface area (Å²) in [6.45, 7) is 3.05. The Morgan fingerprint density at radius 3 is 2.76 bits per heavy atom. The van der Waals surface area contributed by atoms with Gasteiger partial charge in [0, 0.05) is 29.7 Å². The molecule has 0 unspecified atom stereocenters. The van der Waals surface area contributed by atoms with Gasteiger partial charge >= 0.3 is 0 Å². The highest BCUT2D eigenvalue weighted by molar-refractivity contribution is 5.84. The first-order valence-electron chi connectivity index (χ1n) is 10.7. The molecule has 1 aromatic heterocycles. The van der Waals surface area contributed by atoms with Crippen molar-refractivity contribution in [1.82, 2.24) is 9.88 Å². The largest absolute Gasteiger partial charge is 0.390 e. The quantitative estimate of drug-likeness (QED) is 0.555. The fraction of sp³-hybridized carbons (Fsp3) is 0.360. The first-order chi connectivity index (χ1) is 14.3. The van der Waals surface area contributed by atoms with Crippen LogP contribution in [0.15, 0.2) is 54.1 Å². The first-order valence-corrected chi connectivity index (χ1v) is 10.7. The summed E-state index contributed by atoms with van der Waals surface area (Å²) in [5.74, 6) is 0. The van der Waals surface area contributed by atoms with Gasteiger partial charge in [-0.3, -0.25) is 4.90 Å². The first kappa shape index (κ1) is 18.6. The number of hydrogen-bond acceptors (Lipinski definition) is 3. The minimum atomic E-state index is -0.428. The van der Waals surface area contributed by atoms with Crippen molar-refractivity contribution in [2.45, 2.75) is 38.4 Å². The molecule has 2 aliphatic rings. The molecule has 0 saturated heterocycles. The maximum absolute atomic E-state index is 10.7. The van der Waals surface area contributed by atoms with Crippen LogP contribution in [0.25, 0.3) is 16.5 Å². The summed E-state index contributed by atoms with van der Waals surface area (Å²) in [6, 6.07) is 16.6. The van der Waals surface area contributed by atoms with E-state index in [1.807, 2.05) is 12.1 Å². The van der Waals surface area contributed by atoms with E-state index < -0.39 is 6.10 Å². The Kier molecular flexibility index (Phi) is 5.00. The van der Waals surface area contributed by atoms with Crippen molar-refractivity contribution in [2.24, 2.45) is 0 Å². The number of hydrogen-bond donors (Lipinski definition) is 3. The summed E-state index contributed by atoms with van der Waals surface area (Å²) in [5.41, 5.74) is 8.23. The lowest BCUT2D eigenvalue weighted by Crippen LogP contribution is -2.32. The number of aryl methyl sites for hydroxylation is 1. The van der Waals surface area contributed by atoms with Gasteiger partial charge in [-0.15, -0.1) is 0 Å². The van der Waals surface area contributed by atoms with Gasteiger partial charge in [-0.05, 0) is 66.1 Å². The highest BCUT2D eigenvalue weighted by atomic mass is 16.3. The van der Waals surface area contributed by atoms with Gasteiger partial charge in [-0.2, -0.15) is 0 Å². The zero-order chi connectivity index (χ0) is 19.8. The number of para-hydroxylation sites is 1. The zero-order valence-electron chi connectivity index (χ0n) is 16.7. The van der Waals surface area contributed by atoms with E-state index in [1.54, 1.807) is 0 Å². The number of aromatic nitrogens is 1. The summed E-state index contributed by atoms with van der Waals surface area (Å²) >= 11 is 0. The molecule has 0 radical (unpaired) electrons. The van der Waals surface area contributed by atoms with Crippen molar-refractivity contribution in [3.05, 3.63) is 76.5 Å². The number of nitrogens with one attached hydrogen (secondary N) is 1. The van der Waals surface area contributed by atoms with E-state index in [0.29, 0.717) is 0 Å². The molecule has 1 atom stereocenters. The van der Waals surface area contributed by atoms with E-state index in [-0.39, 0.29) is 6.61 Å². The molecule has 3 aromatic rings. The molecular weight excluding hydrogens is 360 g/mol. The molecule has 29 heavy (non-hydrogen) atoms. The van der Waals surface area contributed by atoms with Crippen LogP contribution in [0.2, 0.25) is 0 Å². The van der Waals surface area contributed by atoms with Crippen molar-refractivity contribution in [1.29, 1.82) is 0 Å². The Morgan fingerprint density at radius 1 is 1.03 bits per heavy atom. The number of unbranched alkanes of at least 4 members (excludes halogenated alkanes) is 1. The second kappa shape index (κ2) is 7.79. The Balaban J connectivity index is 1.19. The number of fused-ring (bicyclic) bond motifs is 3. The van der Waals surface area contributed by atoms with Gasteiger partial charge in [-0.25, -0.2) is 0 Å². The van der Waals surface area contributed by atoms with Crippen LogP contribution in [-0.4, -0.2) is 39.7 Å². The standard InChI is InChI=1S/C25H28N2O2/c28-16-24-20(19-8-3-4-11-23(19)26-24)9-5-6-13-27-14-12-18-17-7-1-2-10-21(17)25(29)22(18)15-27/h1-4,7-8,10-11,25-26,28-29H,5-6,9,12-16H2/t25-/m0/s1. The molecule has 5 rings (SSSR count). The van der Waals surface area contributed by atoms with Gasteiger partial charge in [-0.1, -0.05) is 42.5 Å². The lowest BCUT2D eigenvalue weighted by Gasteiger charge is -2.29. The third-order valence-electron chi connectivity index (χ3n) is 6.58. The van der Waals surface area contributed by atoms with Gasteiger partial charge in [0.05, 0.1) is 6.61 Å². The third-order valence-corrected chi connectivity index (χ3v) is 6.58. The molecule has 0 spiro atoms. The summed E-state index contributed by atoms with van der Waals surface area (Å²) < 4.78 is 0. The maximum Gasteiger partial charge on any atom is 0.102 e. The van der Waals surface area contributed by atoms with Gasteiger partial charge in [0.15, 0.2) is 0 Å². The van der Waals surface area contributed by atoms with E-state index in [2.05, 4.69) is 46.3 Å². The minimum absolute atomic E-state index is 0.0610. The van der Waals surface area contributed by atoms with Gasteiger partial charge in [0.2, 0.25) is 0 Å². The van der Waals surface area contributed by atoms with Crippen molar-refractivity contribution < 1.29 is 10.2 Å². The van der Waals surface area contributed by atoms with Crippen LogP contribution in [0, 0.1) is 0 Å². The number of nitrogens with zero attached hydrogens (tertiary/aromatic N) is 1. The second-order valence-corrected chi connectivity index (χ2v) is 8.26. The zero-order valence-corrected chi connectivity index (χ0v) is 16.7. The summed E-state index contributed by atoms with van der Waals surface area (Å²) in [5, 5.41) is 21.7. The lowest BCUT2D eigenvalue weighted by atomic mass is 9.98. The van der Waals surface area contributed by atoms with E-state index in [4.69, 9.17) is 0 Å². The number of H-pyrrole nitrogens is 1. The Labute approximate surface area is 171 Å². The molecule has 0 amide bonds. The molecule has 3 N–H and O–H groups in total. The maximum atomic E-state index is 10.7. The number of rotatable bonds is 6. The van der Waals surface area contributed by atoms with Crippen molar-refractivity contribution in [3.8, 4) is 0 Å². The fourth-order valence-electron chi connectivity index (χ4n) is 5.11. The molecule has 150 valence electrons. The normalized spacial score (nSPS) is 19.0. The smallest absolute Gasteiger partial charge is 0.102 e. The molecule has 4 nitrogen and oxygen atoms in total. The van der Waals surface area contributed by atoms with Crippen LogP contribution >= 0.6 is 0 Å². The molecule has 1 aliphatic heterocycles. The highest BCUT2D eigenvalue weighted by Gasteiger charge is 2.32. The van der Waals surface area contributed by atoms with Crippen LogP contribution in [0.4, 0.5) is 0 Å². The molecular formula is C25H28N2O2. The monoisotopic (exact) mass is 388 g/mol. The Hall–Kier alpha value is -2.40. The molecule has 1 aliphatic carbocycles. The van der Waals surface area contributed by atoms with Crippen molar-refractivity contribution >= 4 is 16.5 Å². The lowest BCUT2D eigenvalue weighted by molar-refractivity contribution is 0.193. The number of aromatic amines is 1. The van der Waals surface area contributed by atoms with E-state index in [1.165, 1.54) is 27.7 Å². The number of aliphatic hydroxyl groups is 2. The van der Waals surface area contributed by atoms with Crippen LogP contribution in [0.1, 0.15) is 47.8 Å². The average molecular weight is 389 g/mol. The molecule has 0 fully saturated rings. The fourth-order valence-corrected chi connectivity index (χ4v) is 5.11. The highest BCUT2D eigenvalue weighted by Crippen LogP contribution is 2.44.